The smallest absolute Gasteiger partial charge is 0.0239 e. The van der Waals surface area contributed by atoms with Crippen molar-refractivity contribution in [2.75, 3.05) is 19.6 Å². The molecule has 0 radical (unpaired) electrons. The minimum absolute atomic E-state index is 0.226. The quantitative estimate of drug-likeness (QED) is 0.917. The largest absolute Gasteiger partial charge is 0.330 e. The lowest BCUT2D eigenvalue weighted by molar-refractivity contribution is 0.170. The minimum Gasteiger partial charge on any atom is -0.330 e. The van der Waals surface area contributed by atoms with E-state index in [1.165, 1.54) is 41.6 Å². The van der Waals surface area contributed by atoms with Gasteiger partial charge in [-0.1, -0.05) is 32.9 Å². The highest BCUT2D eigenvalue weighted by Crippen LogP contribution is 2.28. The van der Waals surface area contributed by atoms with Crippen LogP contribution in [0.15, 0.2) is 12.1 Å². The zero-order valence-corrected chi connectivity index (χ0v) is 14.5. The van der Waals surface area contributed by atoms with Crippen LogP contribution >= 0.6 is 0 Å². The molecule has 0 spiro atoms. The molecule has 0 bridgehead atoms. The summed E-state index contributed by atoms with van der Waals surface area (Å²) >= 11 is 0. The van der Waals surface area contributed by atoms with Crippen LogP contribution in [0.4, 0.5) is 0 Å². The van der Waals surface area contributed by atoms with Crippen LogP contribution in [0.1, 0.15) is 55.9 Å². The molecular weight excluding hydrogens is 256 g/mol. The van der Waals surface area contributed by atoms with Crippen LogP contribution in [0.2, 0.25) is 0 Å². The number of likely N-dealkylation sites (tertiary alicyclic amines) is 1. The van der Waals surface area contributed by atoms with E-state index < -0.39 is 0 Å². The van der Waals surface area contributed by atoms with Gasteiger partial charge in [-0.3, -0.25) is 4.90 Å². The van der Waals surface area contributed by atoms with Gasteiger partial charge in [-0.25, -0.2) is 0 Å². The summed E-state index contributed by atoms with van der Waals surface area (Å²) in [6.45, 7) is 15.7. The van der Waals surface area contributed by atoms with Crippen LogP contribution in [-0.2, 0) is 12.0 Å². The van der Waals surface area contributed by atoms with Gasteiger partial charge < -0.3 is 5.73 Å². The van der Waals surface area contributed by atoms with Crippen molar-refractivity contribution in [3.8, 4) is 0 Å². The summed E-state index contributed by atoms with van der Waals surface area (Å²) < 4.78 is 0. The molecule has 1 atom stereocenters. The predicted molar refractivity (Wildman–Crippen MR) is 91.7 cm³/mol. The third kappa shape index (κ3) is 4.08. The summed E-state index contributed by atoms with van der Waals surface area (Å²) in [5, 5.41) is 0. The number of aryl methyl sites for hydroxylation is 2. The number of hydrogen-bond donors (Lipinski definition) is 1. The molecule has 0 amide bonds. The molecule has 0 aliphatic carbocycles. The summed E-state index contributed by atoms with van der Waals surface area (Å²) in [7, 11) is 0. The average molecular weight is 288 g/mol. The highest BCUT2D eigenvalue weighted by molar-refractivity contribution is 5.40. The maximum absolute atomic E-state index is 5.86. The lowest BCUT2D eigenvalue weighted by Crippen LogP contribution is -2.38. The van der Waals surface area contributed by atoms with Crippen LogP contribution in [0.5, 0.6) is 0 Å². The average Bonchev–Trinajstić information content (AvgIpc) is 2.42. The summed E-state index contributed by atoms with van der Waals surface area (Å²) in [6, 6.07) is 4.76. The van der Waals surface area contributed by atoms with E-state index in [1.54, 1.807) is 0 Å². The highest BCUT2D eigenvalue weighted by atomic mass is 15.1. The SMILES string of the molecule is Cc1cc(C(C)(C)C)cc(C)c1CN1CCCC(CN)C1. The van der Waals surface area contributed by atoms with Gasteiger partial charge in [0.25, 0.3) is 0 Å². The first-order chi connectivity index (χ1) is 9.81. The van der Waals surface area contributed by atoms with Gasteiger partial charge in [0.1, 0.15) is 0 Å². The molecule has 118 valence electrons. The van der Waals surface area contributed by atoms with Gasteiger partial charge in [0, 0.05) is 13.1 Å². The van der Waals surface area contributed by atoms with E-state index in [0.717, 1.165) is 19.6 Å². The third-order valence-electron chi connectivity index (χ3n) is 4.88. The molecule has 2 heteroatoms. The number of benzene rings is 1. The molecule has 1 aromatic rings. The van der Waals surface area contributed by atoms with Crippen molar-refractivity contribution in [2.24, 2.45) is 11.7 Å². The van der Waals surface area contributed by atoms with Gasteiger partial charge in [0.15, 0.2) is 0 Å². The summed E-state index contributed by atoms with van der Waals surface area (Å²) in [6.07, 6.45) is 2.59. The molecule has 1 aliphatic heterocycles. The molecule has 1 saturated heterocycles. The van der Waals surface area contributed by atoms with Crippen molar-refractivity contribution in [1.29, 1.82) is 0 Å². The number of nitrogens with zero attached hydrogens (tertiary/aromatic N) is 1. The van der Waals surface area contributed by atoms with Crippen molar-refractivity contribution >= 4 is 0 Å². The first-order valence-corrected chi connectivity index (χ1v) is 8.34. The third-order valence-corrected chi connectivity index (χ3v) is 4.88. The Labute approximate surface area is 130 Å². The van der Waals surface area contributed by atoms with E-state index in [9.17, 15) is 0 Å². The van der Waals surface area contributed by atoms with Gasteiger partial charge >= 0.3 is 0 Å². The second-order valence-electron chi connectivity index (χ2n) is 7.82. The first-order valence-electron chi connectivity index (χ1n) is 8.34. The topological polar surface area (TPSA) is 29.3 Å². The molecule has 1 fully saturated rings. The van der Waals surface area contributed by atoms with Crippen molar-refractivity contribution in [1.82, 2.24) is 4.90 Å². The number of rotatable bonds is 3. The molecular formula is C19H32N2. The zero-order chi connectivity index (χ0) is 15.6. The standard InChI is InChI=1S/C19H32N2/c1-14-9-17(19(3,4)5)10-15(2)18(14)13-21-8-6-7-16(11-20)12-21/h9-10,16H,6-8,11-13,20H2,1-5H3. The summed E-state index contributed by atoms with van der Waals surface area (Å²) in [5.41, 5.74) is 11.9. The second-order valence-corrected chi connectivity index (χ2v) is 7.82. The first kappa shape index (κ1) is 16.5. The lowest BCUT2D eigenvalue weighted by atomic mass is 9.83. The van der Waals surface area contributed by atoms with Crippen LogP contribution in [0, 0.1) is 19.8 Å². The molecule has 0 aromatic heterocycles. The fourth-order valence-corrected chi connectivity index (χ4v) is 3.39. The Bertz CT molecular complexity index is 462. The van der Waals surface area contributed by atoms with E-state index in [4.69, 9.17) is 5.73 Å². The second kappa shape index (κ2) is 6.50. The minimum atomic E-state index is 0.226. The van der Waals surface area contributed by atoms with Crippen molar-refractivity contribution in [3.05, 3.63) is 34.4 Å². The van der Waals surface area contributed by atoms with Gasteiger partial charge in [-0.15, -0.1) is 0 Å². The number of piperidine rings is 1. The molecule has 1 aliphatic rings. The molecule has 0 saturated carbocycles. The normalized spacial score (nSPS) is 20.8. The van der Waals surface area contributed by atoms with Crippen LogP contribution < -0.4 is 5.73 Å². The molecule has 2 nitrogen and oxygen atoms in total. The van der Waals surface area contributed by atoms with Crippen LogP contribution in [0.3, 0.4) is 0 Å². The van der Waals surface area contributed by atoms with Crippen molar-refractivity contribution in [2.45, 2.75) is 59.4 Å². The number of nitrogens with two attached hydrogens (primary N) is 1. The summed E-state index contributed by atoms with van der Waals surface area (Å²) in [4.78, 5) is 2.59. The Balaban J connectivity index is 2.17. The fourth-order valence-electron chi connectivity index (χ4n) is 3.39. The lowest BCUT2D eigenvalue weighted by Gasteiger charge is -2.33. The van der Waals surface area contributed by atoms with Crippen LogP contribution in [0.25, 0.3) is 0 Å². The maximum atomic E-state index is 5.86. The van der Waals surface area contributed by atoms with Crippen LogP contribution in [-0.4, -0.2) is 24.5 Å². The fraction of sp³-hybridized carbons (Fsp3) is 0.684. The molecule has 21 heavy (non-hydrogen) atoms. The van der Waals surface area contributed by atoms with Gasteiger partial charge in [0.2, 0.25) is 0 Å². The van der Waals surface area contributed by atoms with E-state index in [1.807, 2.05) is 0 Å². The Morgan fingerprint density at radius 1 is 1.19 bits per heavy atom. The zero-order valence-electron chi connectivity index (χ0n) is 14.5. The molecule has 1 heterocycles. The Kier molecular flexibility index (Phi) is 5.11. The Hall–Kier alpha value is -0.860. The van der Waals surface area contributed by atoms with Gasteiger partial charge in [-0.2, -0.15) is 0 Å². The van der Waals surface area contributed by atoms with Gasteiger partial charge in [-0.05, 0) is 73.4 Å². The predicted octanol–water partition coefficient (Wildman–Crippen LogP) is 3.77. The van der Waals surface area contributed by atoms with Gasteiger partial charge in [0.05, 0.1) is 0 Å². The van der Waals surface area contributed by atoms with E-state index >= 15 is 0 Å². The molecule has 1 aromatic carbocycles. The van der Waals surface area contributed by atoms with E-state index in [0.29, 0.717) is 5.92 Å². The van der Waals surface area contributed by atoms with Crippen molar-refractivity contribution in [3.63, 3.8) is 0 Å². The summed E-state index contributed by atoms with van der Waals surface area (Å²) in [5.74, 6) is 0.688. The maximum Gasteiger partial charge on any atom is 0.0239 e. The molecule has 2 N–H and O–H groups in total. The van der Waals surface area contributed by atoms with E-state index in [2.05, 4.69) is 51.7 Å². The molecule has 2 rings (SSSR count). The Morgan fingerprint density at radius 3 is 2.33 bits per heavy atom. The highest BCUT2D eigenvalue weighted by Gasteiger charge is 2.21. The monoisotopic (exact) mass is 288 g/mol. The number of hydrogen-bond acceptors (Lipinski definition) is 2. The van der Waals surface area contributed by atoms with Crippen molar-refractivity contribution < 1.29 is 0 Å². The Morgan fingerprint density at radius 2 is 1.81 bits per heavy atom. The molecule has 1 unspecified atom stereocenters. The van der Waals surface area contributed by atoms with E-state index in [-0.39, 0.29) is 5.41 Å².